The van der Waals surface area contributed by atoms with Crippen molar-refractivity contribution in [2.45, 2.75) is 39.8 Å². The van der Waals surface area contributed by atoms with Gasteiger partial charge in [-0.05, 0) is 48.2 Å². The number of hydrogen-bond donors (Lipinski definition) is 4. The van der Waals surface area contributed by atoms with Crippen molar-refractivity contribution in [1.29, 1.82) is 0 Å². The minimum absolute atomic E-state index is 0.0732. The molecule has 0 saturated carbocycles. The Kier molecular flexibility index (Phi) is 6.52. The molecule has 0 aliphatic carbocycles. The third-order valence-corrected chi connectivity index (χ3v) is 8.14. The number of benzene rings is 2. The van der Waals surface area contributed by atoms with Gasteiger partial charge in [-0.3, -0.25) is 9.59 Å². The molecule has 0 fully saturated rings. The Labute approximate surface area is 224 Å². The molecule has 0 unspecified atom stereocenters. The molecule has 2 aromatic heterocycles. The highest BCUT2D eigenvalue weighted by Gasteiger charge is 2.23. The Morgan fingerprint density at radius 1 is 0.842 bits per heavy atom. The lowest BCUT2D eigenvalue weighted by Gasteiger charge is -2.16. The van der Waals surface area contributed by atoms with Crippen LogP contribution in [0.5, 0.6) is 0 Å². The van der Waals surface area contributed by atoms with E-state index in [9.17, 15) is 9.59 Å². The number of anilines is 2. The Morgan fingerprint density at radius 2 is 1.47 bits per heavy atom. The van der Waals surface area contributed by atoms with Crippen LogP contribution in [0.1, 0.15) is 53.6 Å². The minimum atomic E-state index is -0.376. The van der Waals surface area contributed by atoms with Gasteiger partial charge < -0.3 is 25.7 Å². The summed E-state index contributed by atoms with van der Waals surface area (Å²) in [6.45, 7) is 7.00. The zero-order valence-electron chi connectivity index (χ0n) is 21.2. The highest BCUT2D eigenvalue weighted by atomic mass is 32.1. The molecule has 4 aromatic rings. The number of amides is 2. The first-order valence-electron chi connectivity index (χ1n) is 12.7. The number of hydrogen-bond acceptors (Lipinski definition) is 8. The highest BCUT2D eigenvalue weighted by molar-refractivity contribution is 7.13. The van der Waals surface area contributed by atoms with E-state index in [1.807, 2.05) is 50.2 Å². The smallest absolute Gasteiger partial charge is 0.311 e. The van der Waals surface area contributed by atoms with Crippen molar-refractivity contribution in [3.8, 4) is 11.1 Å². The molecule has 6 rings (SSSR count). The molecule has 0 atom stereocenters. The molecule has 2 aliphatic heterocycles. The van der Waals surface area contributed by atoms with Crippen LogP contribution in [0.2, 0.25) is 0 Å². The standard InChI is InChI=1S/C28H28N6O3S/c1-15-17(5-3-7-19(15)31-25(35)27-33-21-9-11-29-13-23(21)37-27)18-6-4-8-20(16(18)2)32-26(36)28-34-22-10-12-30-14-24(22)38-28/h3-8,29-30H,9-14H2,1-2H3,(H,31,35)(H,32,36). The van der Waals surface area contributed by atoms with Gasteiger partial charge in [0.25, 0.3) is 11.8 Å². The van der Waals surface area contributed by atoms with Gasteiger partial charge >= 0.3 is 5.91 Å². The first-order valence-corrected chi connectivity index (χ1v) is 13.5. The van der Waals surface area contributed by atoms with E-state index in [0.717, 1.165) is 82.4 Å². The summed E-state index contributed by atoms with van der Waals surface area (Å²) < 4.78 is 5.70. The second kappa shape index (κ2) is 10.1. The molecule has 0 bridgehead atoms. The normalized spacial score (nSPS) is 14.5. The van der Waals surface area contributed by atoms with Gasteiger partial charge in [-0.2, -0.15) is 0 Å². The topological polar surface area (TPSA) is 121 Å². The number of carbonyl (C=O) groups excluding carboxylic acids is 2. The average Bonchev–Trinajstić information content (AvgIpc) is 3.56. The van der Waals surface area contributed by atoms with Crippen molar-refractivity contribution in [3.05, 3.63) is 80.4 Å². The molecule has 4 N–H and O–H groups in total. The lowest BCUT2D eigenvalue weighted by Crippen LogP contribution is -2.22. The SMILES string of the molecule is Cc1c(NC(=O)c2nc3c(o2)CNCC3)cccc1-c1cccc(NC(=O)c2nc3c(s2)CNCC3)c1C. The van der Waals surface area contributed by atoms with Gasteiger partial charge in [-0.1, -0.05) is 24.3 Å². The molecular formula is C28H28N6O3S. The maximum absolute atomic E-state index is 13.0. The fourth-order valence-electron chi connectivity index (χ4n) is 4.92. The number of nitrogens with one attached hydrogen (secondary N) is 4. The molecule has 2 amide bonds. The maximum Gasteiger partial charge on any atom is 0.311 e. The molecule has 0 spiro atoms. The summed E-state index contributed by atoms with van der Waals surface area (Å²) in [7, 11) is 0. The van der Waals surface area contributed by atoms with Crippen molar-refractivity contribution in [1.82, 2.24) is 20.6 Å². The Morgan fingerprint density at radius 3 is 2.13 bits per heavy atom. The summed E-state index contributed by atoms with van der Waals surface area (Å²) in [6, 6.07) is 11.6. The molecule has 194 valence electrons. The van der Waals surface area contributed by atoms with E-state index in [4.69, 9.17) is 4.42 Å². The van der Waals surface area contributed by atoms with Crippen molar-refractivity contribution >= 4 is 34.5 Å². The van der Waals surface area contributed by atoms with Gasteiger partial charge in [0.1, 0.15) is 5.76 Å². The van der Waals surface area contributed by atoms with Gasteiger partial charge in [-0.25, -0.2) is 9.97 Å². The summed E-state index contributed by atoms with van der Waals surface area (Å²) in [5.41, 5.74) is 7.03. The van der Waals surface area contributed by atoms with Crippen molar-refractivity contribution in [3.63, 3.8) is 0 Å². The summed E-state index contributed by atoms with van der Waals surface area (Å²) >= 11 is 1.44. The number of fused-ring (bicyclic) bond motifs is 2. The van der Waals surface area contributed by atoms with Crippen LogP contribution in [0.4, 0.5) is 11.4 Å². The Hall–Kier alpha value is -3.86. The molecule has 9 nitrogen and oxygen atoms in total. The van der Waals surface area contributed by atoms with E-state index >= 15 is 0 Å². The van der Waals surface area contributed by atoms with E-state index in [0.29, 0.717) is 17.2 Å². The lowest BCUT2D eigenvalue weighted by molar-refractivity contribution is 0.0986. The fourth-order valence-corrected chi connectivity index (χ4v) is 5.90. The van der Waals surface area contributed by atoms with Crippen LogP contribution in [0, 0.1) is 13.8 Å². The summed E-state index contributed by atoms with van der Waals surface area (Å²) in [5, 5.41) is 13.0. The summed E-state index contributed by atoms with van der Waals surface area (Å²) in [4.78, 5) is 36.1. The van der Waals surface area contributed by atoms with E-state index in [1.54, 1.807) is 0 Å². The molecule has 38 heavy (non-hydrogen) atoms. The minimum Gasteiger partial charge on any atom is -0.436 e. The number of oxazole rings is 1. The Bertz CT molecular complexity index is 1390. The predicted octanol–water partition coefficient (Wildman–Crippen LogP) is 4.21. The number of rotatable bonds is 5. The number of carbonyl (C=O) groups is 2. The van der Waals surface area contributed by atoms with Crippen LogP contribution in [0.25, 0.3) is 11.1 Å². The second-order valence-electron chi connectivity index (χ2n) is 9.50. The van der Waals surface area contributed by atoms with E-state index in [-0.39, 0.29) is 17.7 Å². The third kappa shape index (κ3) is 4.62. The predicted molar refractivity (Wildman–Crippen MR) is 147 cm³/mol. The van der Waals surface area contributed by atoms with Crippen LogP contribution in [0.3, 0.4) is 0 Å². The van der Waals surface area contributed by atoms with Gasteiger partial charge in [0.2, 0.25) is 0 Å². The van der Waals surface area contributed by atoms with Crippen molar-refractivity contribution in [2.24, 2.45) is 0 Å². The molecule has 2 aromatic carbocycles. The van der Waals surface area contributed by atoms with E-state index < -0.39 is 0 Å². The van der Waals surface area contributed by atoms with Gasteiger partial charge in [-0.15, -0.1) is 11.3 Å². The zero-order valence-corrected chi connectivity index (χ0v) is 22.1. The number of aromatic nitrogens is 2. The summed E-state index contributed by atoms with van der Waals surface area (Å²) in [5.74, 6) is 0.213. The highest BCUT2D eigenvalue weighted by Crippen LogP contribution is 2.34. The first kappa shape index (κ1) is 24.5. The van der Waals surface area contributed by atoms with Crippen LogP contribution in [-0.4, -0.2) is 34.9 Å². The van der Waals surface area contributed by atoms with Gasteiger partial charge in [0, 0.05) is 48.7 Å². The molecule has 10 heteroatoms. The first-order chi connectivity index (χ1) is 18.5. The maximum atomic E-state index is 13.0. The fraction of sp³-hybridized carbons (Fsp3) is 0.286. The second-order valence-corrected chi connectivity index (χ2v) is 10.6. The van der Waals surface area contributed by atoms with Gasteiger partial charge in [0.15, 0.2) is 5.01 Å². The quantitative estimate of drug-likeness (QED) is 0.306. The zero-order chi connectivity index (χ0) is 26.2. The van der Waals surface area contributed by atoms with Crippen molar-refractivity contribution < 1.29 is 14.0 Å². The molecular weight excluding hydrogens is 500 g/mol. The van der Waals surface area contributed by atoms with Crippen LogP contribution >= 0.6 is 11.3 Å². The molecule has 0 saturated heterocycles. The number of thiazole rings is 1. The van der Waals surface area contributed by atoms with Crippen LogP contribution in [0.15, 0.2) is 40.8 Å². The number of nitrogens with zero attached hydrogens (tertiary/aromatic N) is 2. The summed E-state index contributed by atoms with van der Waals surface area (Å²) in [6.07, 6.45) is 1.59. The molecule has 4 heterocycles. The monoisotopic (exact) mass is 528 g/mol. The van der Waals surface area contributed by atoms with Crippen LogP contribution < -0.4 is 21.3 Å². The molecule has 2 aliphatic rings. The lowest BCUT2D eigenvalue weighted by atomic mass is 9.94. The average molecular weight is 529 g/mol. The largest absolute Gasteiger partial charge is 0.436 e. The van der Waals surface area contributed by atoms with Crippen molar-refractivity contribution in [2.75, 3.05) is 23.7 Å². The Balaban J connectivity index is 1.23. The molecule has 0 radical (unpaired) electrons. The van der Waals surface area contributed by atoms with E-state index in [1.165, 1.54) is 11.3 Å². The van der Waals surface area contributed by atoms with Gasteiger partial charge in [0.05, 0.1) is 17.9 Å². The third-order valence-electron chi connectivity index (χ3n) is 7.05. The van der Waals surface area contributed by atoms with E-state index in [2.05, 4.69) is 31.2 Å². The van der Waals surface area contributed by atoms with Crippen LogP contribution in [-0.2, 0) is 25.9 Å².